The summed E-state index contributed by atoms with van der Waals surface area (Å²) in [5.41, 5.74) is -0.786. The van der Waals surface area contributed by atoms with E-state index in [2.05, 4.69) is 10.2 Å². The van der Waals surface area contributed by atoms with Gasteiger partial charge in [0, 0.05) is 6.20 Å². The first-order valence-corrected chi connectivity index (χ1v) is 4.52. The molecule has 0 spiro atoms. The highest BCUT2D eigenvalue weighted by Crippen LogP contribution is 2.10. The van der Waals surface area contributed by atoms with Gasteiger partial charge in [0.15, 0.2) is 0 Å². The Morgan fingerprint density at radius 1 is 1.25 bits per heavy atom. The summed E-state index contributed by atoms with van der Waals surface area (Å²) >= 11 is 0. The largest absolute Gasteiger partial charge is 0.288 e. The highest BCUT2D eigenvalue weighted by Gasteiger charge is 2.15. The molecule has 0 aliphatic carbocycles. The maximum Gasteiger partial charge on any atom is 0.211 e. The van der Waals surface area contributed by atoms with Crippen LogP contribution >= 0.6 is 0 Å². The first-order chi connectivity index (χ1) is 7.70. The number of H-pyrrole nitrogens is 1. The summed E-state index contributed by atoms with van der Waals surface area (Å²) in [7, 11) is 0. The molecule has 16 heavy (non-hydrogen) atoms. The summed E-state index contributed by atoms with van der Waals surface area (Å²) in [6, 6.07) is 5.51. The van der Waals surface area contributed by atoms with E-state index < -0.39 is 17.0 Å². The van der Waals surface area contributed by atoms with Crippen LogP contribution in [0.3, 0.4) is 0 Å². The number of carbonyl (C=O) groups is 1. The molecule has 1 aromatic heterocycles. The Hall–Kier alpha value is -2.30. The van der Waals surface area contributed by atoms with Gasteiger partial charge in [0.2, 0.25) is 11.2 Å². The number of hydrogen-bond acceptors (Lipinski definition) is 3. The molecular formula is C11H7FN2O2. The van der Waals surface area contributed by atoms with Crippen molar-refractivity contribution >= 4 is 5.78 Å². The zero-order chi connectivity index (χ0) is 11.5. The molecule has 0 atom stereocenters. The van der Waals surface area contributed by atoms with Crippen LogP contribution in [-0.2, 0) is 0 Å². The standard InChI is InChI=1S/C11H7FN2O2/c12-9-4-2-1-3-7(9)11(16)8-5-13-14-6-10(8)15/h1-6H,(H,13,15). The lowest BCUT2D eigenvalue weighted by Crippen LogP contribution is -2.17. The molecule has 0 unspecified atom stereocenters. The molecule has 0 aliphatic rings. The molecule has 80 valence electrons. The Morgan fingerprint density at radius 3 is 2.69 bits per heavy atom. The van der Waals surface area contributed by atoms with Gasteiger partial charge in [-0.1, -0.05) is 12.1 Å². The lowest BCUT2D eigenvalue weighted by molar-refractivity contribution is 0.103. The molecule has 2 rings (SSSR count). The number of nitrogens with zero attached hydrogens (tertiary/aromatic N) is 1. The van der Waals surface area contributed by atoms with Gasteiger partial charge in [-0.05, 0) is 12.1 Å². The van der Waals surface area contributed by atoms with Gasteiger partial charge in [0.1, 0.15) is 5.82 Å². The number of carbonyl (C=O) groups excluding carboxylic acids is 1. The fourth-order valence-corrected chi connectivity index (χ4v) is 1.31. The molecule has 0 saturated heterocycles. The SMILES string of the molecule is O=C(c1ccccc1F)c1c[nH]ncc1=O. The van der Waals surface area contributed by atoms with Crippen LogP contribution in [0.15, 0.2) is 41.5 Å². The maximum atomic E-state index is 13.3. The van der Waals surface area contributed by atoms with E-state index in [4.69, 9.17) is 0 Å². The van der Waals surface area contributed by atoms with Gasteiger partial charge in [-0.2, -0.15) is 5.10 Å². The minimum Gasteiger partial charge on any atom is -0.288 e. The van der Waals surface area contributed by atoms with Crippen LogP contribution in [0.4, 0.5) is 4.39 Å². The van der Waals surface area contributed by atoms with Crippen molar-refractivity contribution < 1.29 is 9.18 Å². The zero-order valence-electron chi connectivity index (χ0n) is 8.11. The van der Waals surface area contributed by atoms with E-state index in [1.54, 1.807) is 0 Å². The Labute approximate surface area is 89.7 Å². The lowest BCUT2D eigenvalue weighted by atomic mass is 10.0. The summed E-state index contributed by atoms with van der Waals surface area (Å²) in [6.45, 7) is 0. The van der Waals surface area contributed by atoms with Gasteiger partial charge in [-0.3, -0.25) is 14.7 Å². The second-order valence-corrected chi connectivity index (χ2v) is 3.12. The van der Waals surface area contributed by atoms with Crippen LogP contribution in [0.2, 0.25) is 0 Å². The molecule has 0 bridgehead atoms. The van der Waals surface area contributed by atoms with Gasteiger partial charge in [0.25, 0.3) is 0 Å². The molecule has 5 heteroatoms. The Kier molecular flexibility index (Phi) is 2.59. The van der Waals surface area contributed by atoms with E-state index in [-0.39, 0.29) is 11.1 Å². The number of ketones is 1. The summed E-state index contributed by atoms with van der Waals surface area (Å²) < 4.78 is 13.3. The van der Waals surface area contributed by atoms with E-state index in [1.807, 2.05) is 0 Å². The van der Waals surface area contributed by atoms with Crippen molar-refractivity contribution in [3.8, 4) is 0 Å². The minimum absolute atomic E-state index is 0.125. The molecule has 0 radical (unpaired) electrons. The van der Waals surface area contributed by atoms with E-state index in [9.17, 15) is 14.0 Å². The monoisotopic (exact) mass is 218 g/mol. The predicted molar refractivity (Wildman–Crippen MR) is 54.7 cm³/mol. The predicted octanol–water partition coefficient (Wildman–Crippen LogP) is 1.14. The Bertz CT molecular complexity index is 592. The Morgan fingerprint density at radius 2 is 2.00 bits per heavy atom. The normalized spacial score (nSPS) is 10.1. The third-order valence-electron chi connectivity index (χ3n) is 2.09. The fraction of sp³-hybridized carbons (Fsp3) is 0. The average molecular weight is 218 g/mol. The third-order valence-corrected chi connectivity index (χ3v) is 2.09. The first kappa shape index (κ1) is 10.2. The molecule has 2 aromatic rings. The van der Waals surface area contributed by atoms with Crippen LogP contribution in [0.25, 0.3) is 0 Å². The molecule has 0 aliphatic heterocycles. The van der Waals surface area contributed by atoms with Gasteiger partial charge >= 0.3 is 0 Å². The molecule has 1 heterocycles. The summed E-state index contributed by atoms with van der Waals surface area (Å²) in [5.74, 6) is -1.30. The minimum atomic E-state index is -0.651. The quantitative estimate of drug-likeness (QED) is 0.769. The van der Waals surface area contributed by atoms with Crippen LogP contribution in [0.5, 0.6) is 0 Å². The van der Waals surface area contributed by atoms with Crippen LogP contribution in [-0.4, -0.2) is 16.0 Å². The zero-order valence-corrected chi connectivity index (χ0v) is 8.11. The maximum absolute atomic E-state index is 13.3. The van der Waals surface area contributed by atoms with Crippen molar-refractivity contribution in [1.29, 1.82) is 0 Å². The fourth-order valence-electron chi connectivity index (χ4n) is 1.31. The van der Waals surface area contributed by atoms with Crippen molar-refractivity contribution in [2.45, 2.75) is 0 Å². The van der Waals surface area contributed by atoms with E-state index >= 15 is 0 Å². The van der Waals surface area contributed by atoms with Crippen molar-refractivity contribution in [2.24, 2.45) is 0 Å². The van der Waals surface area contributed by atoms with Crippen LogP contribution in [0.1, 0.15) is 15.9 Å². The molecule has 1 aromatic carbocycles. The second kappa shape index (κ2) is 4.06. The topological polar surface area (TPSA) is 62.8 Å². The number of aromatic amines is 1. The molecule has 0 amide bonds. The molecule has 1 N–H and O–H groups in total. The lowest BCUT2D eigenvalue weighted by Gasteiger charge is -2.00. The van der Waals surface area contributed by atoms with Crippen LogP contribution < -0.4 is 5.43 Å². The van der Waals surface area contributed by atoms with Gasteiger partial charge in [-0.15, -0.1) is 0 Å². The van der Waals surface area contributed by atoms with Gasteiger partial charge in [0.05, 0.1) is 17.3 Å². The number of hydrogen-bond donors (Lipinski definition) is 1. The summed E-state index contributed by atoms with van der Waals surface area (Å²) in [4.78, 5) is 23.1. The number of aromatic nitrogens is 2. The molecule has 0 saturated carbocycles. The third kappa shape index (κ3) is 1.75. The summed E-state index contributed by atoms with van der Waals surface area (Å²) in [6.07, 6.45) is 2.14. The average Bonchev–Trinajstić information content (AvgIpc) is 2.29. The van der Waals surface area contributed by atoms with E-state index in [1.165, 1.54) is 24.3 Å². The van der Waals surface area contributed by atoms with E-state index in [0.717, 1.165) is 12.4 Å². The second-order valence-electron chi connectivity index (χ2n) is 3.12. The number of nitrogens with one attached hydrogen (secondary N) is 1. The number of benzene rings is 1. The number of halogens is 1. The van der Waals surface area contributed by atoms with Crippen molar-refractivity contribution in [1.82, 2.24) is 10.2 Å². The van der Waals surface area contributed by atoms with Gasteiger partial charge in [-0.25, -0.2) is 4.39 Å². The van der Waals surface area contributed by atoms with Crippen LogP contribution in [0, 0.1) is 5.82 Å². The Balaban J connectivity index is 2.53. The first-order valence-electron chi connectivity index (χ1n) is 4.52. The van der Waals surface area contributed by atoms with E-state index in [0.29, 0.717) is 0 Å². The van der Waals surface area contributed by atoms with Crippen molar-refractivity contribution in [3.05, 3.63) is 63.8 Å². The van der Waals surface area contributed by atoms with Gasteiger partial charge < -0.3 is 0 Å². The summed E-state index contributed by atoms with van der Waals surface area (Å²) in [5, 5.41) is 5.84. The van der Waals surface area contributed by atoms with Crippen molar-refractivity contribution in [3.63, 3.8) is 0 Å². The van der Waals surface area contributed by atoms with Crippen molar-refractivity contribution in [2.75, 3.05) is 0 Å². The highest BCUT2D eigenvalue weighted by molar-refractivity contribution is 6.08. The molecule has 0 fully saturated rings. The molecule has 4 nitrogen and oxygen atoms in total. The molecular weight excluding hydrogens is 211 g/mol. The number of rotatable bonds is 2. The smallest absolute Gasteiger partial charge is 0.211 e. The highest BCUT2D eigenvalue weighted by atomic mass is 19.1.